The normalized spacial score (nSPS) is 16.6. The molecule has 65 heavy (non-hydrogen) atoms. The van der Waals surface area contributed by atoms with Crippen LogP contribution in [0, 0.1) is 17.8 Å². The maximum absolute atomic E-state index is 14.0. The molecule has 2 heterocycles. The third-order valence-electron chi connectivity index (χ3n) is 11.1. The van der Waals surface area contributed by atoms with Crippen LogP contribution in [0.2, 0.25) is 0 Å². The summed E-state index contributed by atoms with van der Waals surface area (Å²) in [4.78, 5) is 109. The average Bonchev–Trinajstić information content (AvgIpc) is 3.83. The highest BCUT2D eigenvalue weighted by molar-refractivity contribution is 7.81. The molecule has 21 heteroatoms. The van der Waals surface area contributed by atoms with Crippen LogP contribution in [0.4, 0.5) is 5.69 Å². The van der Waals surface area contributed by atoms with E-state index in [-0.39, 0.29) is 112 Å². The fourth-order valence-corrected chi connectivity index (χ4v) is 8.31. The molecule has 1 aliphatic rings. The molecule has 2 aromatic rings. The molecular formula is C44H65N7O12S2. The van der Waals surface area contributed by atoms with Crippen molar-refractivity contribution in [3.63, 3.8) is 0 Å². The second-order valence-electron chi connectivity index (χ2n) is 16.8. The monoisotopic (exact) mass is 947 g/mol. The van der Waals surface area contributed by atoms with Crippen LogP contribution in [0.3, 0.4) is 0 Å². The summed E-state index contributed by atoms with van der Waals surface area (Å²) in [5.74, 6) is -5.37. The number of hydrogen-bond donors (Lipinski definition) is 7. The molecule has 3 unspecified atom stereocenters. The number of rotatable bonds is 27. The minimum absolute atomic E-state index is 0.00261. The quantitative estimate of drug-likeness (QED) is 0.0222. The van der Waals surface area contributed by atoms with E-state index in [0.717, 1.165) is 22.7 Å². The summed E-state index contributed by atoms with van der Waals surface area (Å²) < 4.78 is 11.0. The minimum atomic E-state index is -1.37. The number of carboxylic acids is 1. The van der Waals surface area contributed by atoms with Crippen LogP contribution >= 0.6 is 24.0 Å². The van der Waals surface area contributed by atoms with Gasteiger partial charge in [-0.05, 0) is 48.8 Å². The van der Waals surface area contributed by atoms with E-state index in [1.54, 1.807) is 24.9 Å². The number of nitrogens with one attached hydrogen (secondary N) is 3. The van der Waals surface area contributed by atoms with Gasteiger partial charge in [-0.25, -0.2) is 9.78 Å². The van der Waals surface area contributed by atoms with Crippen LogP contribution in [0.15, 0.2) is 23.6 Å². The van der Waals surface area contributed by atoms with E-state index in [1.807, 2.05) is 27.7 Å². The first-order chi connectivity index (χ1) is 30.6. The number of esters is 1. The highest BCUT2D eigenvalue weighted by atomic mass is 32.1. The number of amides is 6. The number of imide groups is 1. The van der Waals surface area contributed by atoms with Gasteiger partial charge < -0.3 is 46.3 Å². The Kier molecular flexibility index (Phi) is 21.8. The molecule has 1 fully saturated rings. The summed E-state index contributed by atoms with van der Waals surface area (Å²) in [6.45, 7) is 10.8. The van der Waals surface area contributed by atoms with Gasteiger partial charge in [0.2, 0.25) is 29.5 Å². The molecule has 1 saturated heterocycles. The zero-order chi connectivity index (χ0) is 48.5. The first-order valence-electron chi connectivity index (χ1n) is 21.8. The number of thiazole rings is 1. The van der Waals surface area contributed by atoms with Crippen molar-refractivity contribution >= 4 is 77.0 Å². The number of anilines is 1. The Morgan fingerprint density at radius 1 is 1.09 bits per heavy atom. The Hall–Kier alpha value is -5.12. The first-order valence-corrected chi connectivity index (χ1v) is 23.2. The number of carbonyl (C=O) groups is 8. The molecule has 19 nitrogen and oxygen atoms in total. The second kappa shape index (κ2) is 26.1. The SMILES string of the molecule is CC[C@H](C)CC(=O)N(C)C(C[C@@H](OC(C)=O)c1nc(C(=O)N[C@@H](Cc2ccc(O)c(NC(=O)CCCN3C(=O)CC(S)C3=O)c2)CC(C)C(=O)N[C@@H](COCCN)C(=O)O)cs1)C(C)C. The molecule has 0 spiro atoms. The number of thiol groups is 1. The number of ether oxygens (including phenoxy) is 2. The summed E-state index contributed by atoms with van der Waals surface area (Å²) in [5, 5.41) is 29.5. The number of aromatic hydroxyl groups is 1. The van der Waals surface area contributed by atoms with Crippen molar-refractivity contribution in [2.75, 3.05) is 38.7 Å². The van der Waals surface area contributed by atoms with E-state index in [1.165, 1.54) is 24.4 Å². The lowest BCUT2D eigenvalue weighted by Crippen LogP contribution is -2.47. The third kappa shape index (κ3) is 17.0. The molecule has 1 aromatic carbocycles. The van der Waals surface area contributed by atoms with E-state index in [9.17, 15) is 48.6 Å². The van der Waals surface area contributed by atoms with Crippen molar-refractivity contribution in [1.29, 1.82) is 0 Å². The highest BCUT2D eigenvalue weighted by Gasteiger charge is 2.36. The van der Waals surface area contributed by atoms with E-state index >= 15 is 0 Å². The predicted octanol–water partition coefficient (Wildman–Crippen LogP) is 3.45. The van der Waals surface area contributed by atoms with Gasteiger partial charge in [0.15, 0.2) is 12.1 Å². The van der Waals surface area contributed by atoms with Crippen molar-refractivity contribution in [3.05, 3.63) is 39.8 Å². The molecule has 3 rings (SSSR count). The van der Waals surface area contributed by atoms with Gasteiger partial charge >= 0.3 is 11.9 Å². The lowest BCUT2D eigenvalue weighted by Gasteiger charge is -2.34. The number of aromatic nitrogens is 1. The third-order valence-corrected chi connectivity index (χ3v) is 12.4. The van der Waals surface area contributed by atoms with Gasteiger partial charge in [-0.3, -0.25) is 38.5 Å². The summed E-state index contributed by atoms with van der Waals surface area (Å²) in [6.07, 6.45) is 0.723. The van der Waals surface area contributed by atoms with Gasteiger partial charge in [-0.15, -0.1) is 11.3 Å². The molecule has 7 N–H and O–H groups in total. The maximum Gasteiger partial charge on any atom is 0.328 e. The summed E-state index contributed by atoms with van der Waals surface area (Å²) in [5.41, 5.74) is 6.03. The molecule has 0 saturated carbocycles. The standard InChI is InChI=1S/C44H65N7O12S2/c1-8-25(4)16-38(55)50(7)33(24(2)3)20-35(63-27(6)52)42-49-32(23-65-42)41(58)46-29(17-26(5)40(57)48-31(44(60)61)22-62-15-13-45)18-28-11-12-34(53)30(19-28)47-37(54)10-9-14-51-39(56)21-36(64)43(51)59/h11-12,19,23-26,29,31,33,35-36,53,64H,8-10,13-18,20-22,45H2,1-7H3,(H,46,58)(H,47,54)(H,48,57)(H,60,61)/t25-,26?,29+,31-,33?,35+,36?/m0/s1. The van der Waals surface area contributed by atoms with Crippen molar-refractivity contribution in [2.24, 2.45) is 23.5 Å². The maximum atomic E-state index is 14.0. The van der Waals surface area contributed by atoms with Gasteiger partial charge in [0.25, 0.3) is 5.91 Å². The van der Waals surface area contributed by atoms with Crippen molar-refractivity contribution in [2.45, 2.75) is 122 Å². The topological polar surface area (TPSA) is 277 Å². The molecule has 1 aromatic heterocycles. The summed E-state index contributed by atoms with van der Waals surface area (Å²) in [7, 11) is 1.73. The highest BCUT2D eigenvalue weighted by Crippen LogP contribution is 2.31. The number of likely N-dealkylation sites (tertiary alicyclic amines) is 1. The van der Waals surface area contributed by atoms with Crippen LogP contribution in [0.1, 0.15) is 114 Å². The molecule has 360 valence electrons. The number of hydrogen-bond acceptors (Lipinski definition) is 15. The number of phenols is 1. The molecule has 1 aliphatic heterocycles. The van der Waals surface area contributed by atoms with Crippen LogP contribution < -0.4 is 21.7 Å². The van der Waals surface area contributed by atoms with E-state index in [0.29, 0.717) is 17.0 Å². The Bertz CT molecular complexity index is 2000. The van der Waals surface area contributed by atoms with Crippen molar-refractivity contribution in [3.8, 4) is 5.75 Å². The van der Waals surface area contributed by atoms with Gasteiger partial charge in [0.1, 0.15) is 16.5 Å². The van der Waals surface area contributed by atoms with Crippen LogP contribution in [0.5, 0.6) is 5.75 Å². The Morgan fingerprint density at radius 3 is 2.40 bits per heavy atom. The van der Waals surface area contributed by atoms with Crippen LogP contribution in [-0.4, -0.2) is 129 Å². The van der Waals surface area contributed by atoms with Gasteiger partial charge in [-0.1, -0.05) is 47.1 Å². The number of nitrogens with two attached hydrogens (primary N) is 1. The van der Waals surface area contributed by atoms with Crippen molar-refractivity contribution in [1.82, 2.24) is 25.4 Å². The van der Waals surface area contributed by atoms with Crippen LogP contribution in [0.25, 0.3) is 0 Å². The van der Waals surface area contributed by atoms with Crippen molar-refractivity contribution < 1.29 is 58.0 Å². The lowest BCUT2D eigenvalue weighted by atomic mass is 9.94. The predicted molar refractivity (Wildman–Crippen MR) is 245 cm³/mol. The van der Waals surface area contributed by atoms with E-state index in [4.69, 9.17) is 15.2 Å². The first kappa shape index (κ1) is 54.2. The summed E-state index contributed by atoms with van der Waals surface area (Å²) >= 11 is 5.22. The number of carbonyl (C=O) groups excluding carboxylic acids is 7. The Labute approximate surface area is 389 Å². The Balaban J connectivity index is 1.86. The molecule has 0 aliphatic carbocycles. The largest absolute Gasteiger partial charge is 0.506 e. The van der Waals surface area contributed by atoms with Gasteiger partial charge in [0, 0.05) is 76.1 Å². The minimum Gasteiger partial charge on any atom is -0.506 e. The fourth-order valence-electron chi connectivity index (χ4n) is 7.17. The molecule has 0 bridgehead atoms. The zero-order valence-corrected chi connectivity index (χ0v) is 39.9. The molecule has 0 radical (unpaired) electrons. The van der Waals surface area contributed by atoms with E-state index < -0.39 is 64.9 Å². The smallest absolute Gasteiger partial charge is 0.328 e. The number of aliphatic carboxylic acids is 1. The van der Waals surface area contributed by atoms with Gasteiger partial charge in [0.05, 0.1) is 24.2 Å². The number of carboxylic acid groups (broad SMARTS) is 1. The second-order valence-corrected chi connectivity index (χ2v) is 18.3. The lowest BCUT2D eigenvalue weighted by molar-refractivity contribution is -0.148. The van der Waals surface area contributed by atoms with Gasteiger partial charge in [-0.2, -0.15) is 12.6 Å². The molecule has 7 atom stereocenters. The number of benzene rings is 1. The summed E-state index contributed by atoms with van der Waals surface area (Å²) in [6, 6.07) is 1.94. The number of nitrogens with zero attached hydrogens (tertiary/aromatic N) is 3. The fraction of sp³-hybridized carbons (Fsp3) is 0.614. The van der Waals surface area contributed by atoms with E-state index in [2.05, 4.69) is 33.6 Å². The zero-order valence-electron chi connectivity index (χ0n) is 38.2. The number of phenolic OH excluding ortho intramolecular Hbond substituents is 1. The Morgan fingerprint density at radius 2 is 1.80 bits per heavy atom. The average molecular weight is 948 g/mol. The molecule has 6 amide bonds. The van der Waals surface area contributed by atoms with Crippen LogP contribution in [-0.2, 0) is 49.5 Å². The molecular weight excluding hydrogens is 883 g/mol.